The molecule has 0 aromatic heterocycles. The maximum absolute atomic E-state index is 12.9. The van der Waals surface area contributed by atoms with E-state index >= 15 is 0 Å². The average molecular weight is 587 g/mol. The lowest BCUT2D eigenvalue weighted by molar-refractivity contribution is -0.120. The summed E-state index contributed by atoms with van der Waals surface area (Å²) in [5.74, 6) is 0.448. The van der Waals surface area contributed by atoms with Gasteiger partial charge in [0.05, 0.1) is 33.4 Å². The van der Waals surface area contributed by atoms with E-state index in [-0.39, 0.29) is 24.8 Å². The number of carbonyl (C=O) groups excluding carboxylic acids is 1. The van der Waals surface area contributed by atoms with E-state index in [1.165, 1.54) is 18.3 Å². The summed E-state index contributed by atoms with van der Waals surface area (Å²) in [4.78, 5) is 12.0. The van der Waals surface area contributed by atoms with Gasteiger partial charge in [-0.25, -0.2) is 9.82 Å². The highest BCUT2D eigenvalue weighted by Crippen LogP contribution is 2.34. The third-order valence-electron chi connectivity index (χ3n) is 4.30. The molecule has 0 heterocycles. The molecule has 0 aliphatic heterocycles. The van der Waals surface area contributed by atoms with Gasteiger partial charge in [-0.1, -0.05) is 41.4 Å². The van der Waals surface area contributed by atoms with Crippen LogP contribution in [-0.2, 0) is 17.8 Å². The molecule has 0 fully saturated rings. The van der Waals surface area contributed by atoms with Crippen LogP contribution in [0.4, 0.5) is 4.39 Å². The van der Waals surface area contributed by atoms with Crippen LogP contribution in [0.3, 0.4) is 0 Å². The highest BCUT2D eigenvalue weighted by molar-refractivity contribution is 14.1. The summed E-state index contributed by atoms with van der Waals surface area (Å²) in [6.45, 7) is 0.288. The Balaban J connectivity index is 1.63. The van der Waals surface area contributed by atoms with Gasteiger partial charge in [-0.05, 0) is 75.7 Å². The van der Waals surface area contributed by atoms with Crippen molar-refractivity contribution in [3.8, 4) is 11.5 Å². The van der Waals surface area contributed by atoms with E-state index in [0.29, 0.717) is 27.1 Å². The Morgan fingerprint density at radius 2 is 1.81 bits per heavy atom. The number of hydrogen-bond donors (Lipinski definition) is 1. The molecule has 3 aromatic carbocycles. The molecule has 1 amide bonds. The van der Waals surface area contributed by atoms with E-state index in [9.17, 15) is 9.18 Å². The molecule has 3 aromatic rings. The van der Waals surface area contributed by atoms with Gasteiger partial charge in [0.25, 0.3) is 0 Å². The van der Waals surface area contributed by atoms with E-state index < -0.39 is 0 Å². The summed E-state index contributed by atoms with van der Waals surface area (Å²) in [5.41, 5.74) is 4.74. The molecule has 0 bridgehead atoms. The van der Waals surface area contributed by atoms with Crippen LogP contribution in [0.1, 0.15) is 16.7 Å². The molecular weight excluding hydrogens is 569 g/mol. The van der Waals surface area contributed by atoms with Gasteiger partial charge >= 0.3 is 0 Å². The lowest BCUT2D eigenvalue weighted by atomic mass is 10.1. The van der Waals surface area contributed by atoms with Crippen molar-refractivity contribution >= 4 is 57.9 Å². The van der Waals surface area contributed by atoms with Crippen molar-refractivity contribution in [2.45, 2.75) is 13.0 Å². The molecular formula is C23H18Cl2FIN2O3. The number of hydrogen-bond acceptors (Lipinski definition) is 4. The first-order valence-corrected chi connectivity index (χ1v) is 11.2. The van der Waals surface area contributed by atoms with Gasteiger partial charge in [-0.3, -0.25) is 4.79 Å². The Kier molecular flexibility index (Phi) is 8.72. The molecule has 3 rings (SSSR count). The van der Waals surface area contributed by atoms with E-state index in [4.69, 9.17) is 32.7 Å². The van der Waals surface area contributed by atoms with Crippen LogP contribution < -0.4 is 14.9 Å². The predicted molar refractivity (Wildman–Crippen MR) is 132 cm³/mol. The van der Waals surface area contributed by atoms with E-state index in [1.807, 2.05) is 12.1 Å². The first kappa shape index (κ1) is 24.3. The molecule has 0 atom stereocenters. The molecule has 1 N–H and O–H groups in total. The van der Waals surface area contributed by atoms with Gasteiger partial charge < -0.3 is 9.47 Å². The second-order valence-electron chi connectivity index (χ2n) is 6.67. The third-order valence-corrected chi connectivity index (χ3v) is 5.84. The molecule has 0 saturated carbocycles. The standard InChI is InChI=1S/C23H18Cl2FIN2O3/c1-31-21-10-16(12-28-29-22(30)11-14-2-5-17(26)6-3-14)9-20(27)23(21)32-13-15-4-7-18(24)19(25)8-15/h2-10,12H,11,13H2,1H3,(H,29,30)/b28-12+. The van der Waals surface area contributed by atoms with Crippen molar-refractivity contribution in [1.82, 2.24) is 5.43 Å². The fourth-order valence-corrected chi connectivity index (χ4v) is 3.85. The molecule has 0 unspecified atom stereocenters. The quantitative estimate of drug-likeness (QED) is 0.200. The Morgan fingerprint density at radius 3 is 2.50 bits per heavy atom. The lowest BCUT2D eigenvalue weighted by Crippen LogP contribution is -2.19. The average Bonchev–Trinajstić information content (AvgIpc) is 2.76. The van der Waals surface area contributed by atoms with Gasteiger partial charge in [0.2, 0.25) is 5.91 Å². The summed E-state index contributed by atoms with van der Waals surface area (Å²) in [6.07, 6.45) is 1.61. The van der Waals surface area contributed by atoms with Gasteiger partial charge in [-0.2, -0.15) is 5.10 Å². The first-order chi connectivity index (χ1) is 15.4. The number of methoxy groups -OCH3 is 1. The number of nitrogens with zero attached hydrogens (tertiary/aromatic N) is 1. The molecule has 9 heteroatoms. The zero-order valence-electron chi connectivity index (χ0n) is 16.9. The number of carbonyl (C=O) groups is 1. The zero-order valence-corrected chi connectivity index (χ0v) is 20.5. The van der Waals surface area contributed by atoms with Crippen molar-refractivity contribution in [3.63, 3.8) is 0 Å². The van der Waals surface area contributed by atoms with Crippen molar-refractivity contribution in [2.24, 2.45) is 5.10 Å². The van der Waals surface area contributed by atoms with Crippen LogP contribution in [0.2, 0.25) is 10.0 Å². The van der Waals surface area contributed by atoms with Crippen molar-refractivity contribution in [1.29, 1.82) is 0 Å². The minimum absolute atomic E-state index is 0.0972. The number of ether oxygens (including phenoxy) is 2. The Morgan fingerprint density at radius 1 is 1.09 bits per heavy atom. The van der Waals surface area contributed by atoms with E-state index in [1.54, 1.807) is 37.4 Å². The molecule has 0 aliphatic rings. The first-order valence-electron chi connectivity index (χ1n) is 9.36. The van der Waals surface area contributed by atoms with Crippen molar-refractivity contribution in [2.75, 3.05) is 7.11 Å². The number of hydrazone groups is 1. The Bertz CT molecular complexity index is 1140. The monoisotopic (exact) mass is 586 g/mol. The number of benzene rings is 3. The molecule has 166 valence electrons. The number of amides is 1. The summed E-state index contributed by atoms with van der Waals surface area (Å²) >= 11 is 14.1. The molecule has 0 saturated heterocycles. The summed E-state index contributed by atoms with van der Waals surface area (Å²) in [5, 5.41) is 4.93. The van der Waals surface area contributed by atoms with Crippen molar-refractivity contribution < 1.29 is 18.7 Å². The second-order valence-corrected chi connectivity index (χ2v) is 8.64. The maximum Gasteiger partial charge on any atom is 0.244 e. The van der Waals surface area contributed by atoms with Crippen LogP contribution in [-0.4, -0.2) is 19.2 Å². The molecule has 0 aliphatic carbocycles. The topological polar surface area (TPSA) is 59.9 Å². The van der Waals surface area contributed by atoms with Crippen LogP contribution in [0, 0.1) is 9.39 Å². The van der Waals surface area contributed by atoms with Gasteiger partial charge in [0.15, 0.2) is 11.5 Å². The fraction of sp³-hybridized carbons (Fsp3) is 0.130. The number of halogens is 4. The Labute approximate surface area is 208 Å². The van der Waals surface area contributed by atoms with Crippen LogP contribution >= 0.6 is 45.8 Å². The van der Waals surface area contributed by atoms with Gasteiger partial charge in [0.1, 0.15) is 12.4 Å². The number of rotatable bonds is 8. The summed E-state index contributed by atoms with van der Waals surface area (Å²) in [6, 6.07) is 14.6. The summed E-state index contributed by atoms with van der Waals surface area (Å²) < 4.78 is 25.1. The summed E-state index contributed by atoms with van der Waals surface area (Å²) in [7, 11) is 1.54. The fourth-order valence-electron chi connectivity index (χ4n) is 2.75. The predicted octanol–water partition coefficient (Wildman–Crippen LogP) is 6.02. The molecule has 0 spiro atoms. The molecule has 0 radical (unpaired) electrons. The highest BCUT2D eigenvalue weighted by atomic mass is 127. The molecule has 32 heavy (non-hydrogen) atoms. The van der Waals surface area contributed by atoms with Crippen LogP contribution in [0.15, 0.2) is 59.7 Å². The smallest absolute Gasteiger partial charge is 0.244 e. The van der Waals surface area contributed by atoms with Crippen LogP contribution in [0.25, 0.3) is 0 Å². The maximum atomic E-state index is 12.9. The lowest BCUT2D eigenvalue weighted by Gasteiger charge is -2.14. The molecule has 5 nitrogen and oxygen atoms in total. The minimum atomic E-state index is -0.347. The second kappa shape index (κ2) is 11.5. The normalized spacial score (nSPS) is 10.9. The third kappa shape index (κ3) is 6.82. The largest absolute Gasteiger partial charge is 0.493 e. The number of nitrogens with one attached hydrogen (secondary N) is 1. The SMILES string of the molecule is COc1cc(/C=N/NC(=O)Cc2ccc(F)cc2)cc(I)c1OCc1ccc(Cl)c(Cl)c1. The van der Waals surface area contributed by atoms with E-state index in [2.05, 4.69) is 33.1 Å². The Hall–Kier alpha value is -2.36. The van der Waals surface area contributed by atoms with Gasteiger partial charge in [-0.15, -0.1) is 0 Å². The van der Waals surface area contributed by atoms with E-state index in [0.717, 1.165) is 14.7 Å². The van der Waals surface area contributed by atoms with Crippen molar-refractivity contribution in [3.05, 3.63) is 90.7 Å². The minimum Gasteiger partial charge on any atom is -0.493 e. The van der Waals surface area contributed by atoms with Gasteiger partial charge in [0, 0.05) is 0 Å². The van der Waals surface area contributed by atoms with Crippen LogP contribution in [0.5, 0.6) is 11.5 Å². The zero-order chi connectivity index (χ0) is 23.1. The highest BCUT2D eigenvalue weighted by Gasteiger charge is 2.12.